The molecule has 0 saturated carbocycles. The topological polar surface area (TPSA) is 78.7 Å². The third-order valence-electron chi connectivity index (χ3n) is 4.56. The Morgan fingerprint density at radius 1 is 1.11 bits per heavy atom. The molecule has 1 amide bonds. The first-order valence-electron chi connectivity index (χ1n) is 8.75. The van der Waals surface area contributed by atoms with Gasteiger partial charge in [0.15, 0.2) is 0 Å². The first-order valence-corrected chi connectivity index (χ1v) is 9.13. The number of halogens is 1. The molecule has 1 N–H and O–H groups in total. The van der Waals surface area contributed by atoms with E-state index in [0.29, 0.717) is 24.7 Å². The number of amides is 1. The average Bonchev–Trinajstić information content (AvgIpc) is 2.68. The number of hydrogen-bond acceptors (Lipinski definition) is 5. The van der Waals surface area contributed by atoms with E-state index in [1.54, 1.807) is 12.1 Å². The molecule has 2 aromatic rings. The van der Waals surface area contributed by atoms with Crippen LogP contribution in [-0.4, -0.2) is 48.5 Å². The van der Waals surface area contributed by atoms with Crippen LogP contribution in [0.15, 0.2) is 48.5 Å². The summed E-state index contributed by atoms with van der Waals surface area (Å²) in [4.78, 5) is 26.7. The highest BCUT2D eigenvalue weighted by Gasteiger charge is 2.21. The van der Waals surface area contributed by atoms with Crippen molar-refractivity contribution in [3.8, 4) is 0 Å². The van der Waals surface area contributed by atoms with Crippen LogP contribution in [0.1, 0.15) is 5.56 Å². The number of nitro benzene ring substituents is 1. The van der Waals surface area contributed by atoms with E-state index in [1.807, 2.05) is 29.2 Å². The Labute approximate surface area is 162 Å². The second kappa shape index (κ2) is 8.83. The number of piperazine rings is 1. The number of non-ortho nitro benzene ring substituents is 1. The van der Waals surface area contributed by atoms with Gasteiger partial charge in [-0.3, -0.25) is 14.9 Å². The number of rotatable bonds is 6. The van der Waals surface area contributed by atoms with Crippen LogP contribution in [0.4, 0.5) is 11.4 Å². The normalized spacial score (nSPS) is 14.3. The van der Waals surface area contributed by atoms with Gasteiger partial charge < -0.3 is 15.1 Å². The summed E-state index contributed by atoms with van der Waals surface area (Å²) in [6.07, 6.45) is 0. The van der Waals surface area contributed by atoms with E-state index in [9.17, 15) is 14.9 Å². The molecule has 27 heavy (non-hydrogen) atoms. The van der Waals surface area contributed by atoms with Crippen LogP contribution in [-0.2, 0) is 11.3 Å². The van der Waals surface area contributed by atoms with E-state index >= 15 is 0 Å². The molecule has 0 radical (unpaired) electrons. The van der Waals surface area contributed by atoms with Crippen LogP contribution < -0.4 is 10.2 Å². The maximum Gasteiger partial charge on any atom is 0.269 e. The van der Waals surface area contributed by atoms with Gasteiger partial charge in [0.05, 0.1) is 11.5 Å². The first-order chi connectivity index (χ1) is 13.0. The van der Waals surface area contributed by atoms with E-state index in [2.05, 4.69) is 10.2 Å². The Kier molecular flexibility index (Phi) is 6.26. The molecule has 1 saturated heterocycles. The fourth-order valence-corrected chi connectivity index (χ4v) is 3.23. The van der Waals surface area contributed by atoms with Crippen molar-refractivity contribution < 1.29 is 9.72 Å². The molecule has 7 nitrogen and oxygen atoms in total. The lowest BCUT2D eigenvalue weighted by Gasteiger charge is -2.36. The minimum absolute atomic E-state index is 0.0580. The zero-order chi connectivity index (χ0) is 19.2. The Hall–Kier alpha value is -2.64. The van der Waals surface area contributed by atoms with Gasteiger partial charge in [-0.15, -0.1) is 0 Å². The molecular formula is C19H21ClN4O3. The standard InChI is InChI=1S/C19H21ClN4O3/c20-16-2-1-3-18(12-16)22-8-10-23(11-9-22)19(25)14-21-13-15-4-6-17(7-5-15)24(26)27/h1-7,12,21H,8-11,13-14H2. The molecule has 0 aromatic heterocycles. The molecule has 3 rings (SSSR count). The summed E-state index contributed by atoms with van der Waals surface area (Å²) in [5.74, 6) is 0.0580. The molecule has 2 aromatic carbocycles. The molecule has 0 aliphatic carbocycles. The summed E-state index contributed by atoms with van der Waals surface area (Å²) < 4.78 is 0. The molecule has 0 bridgehead atoms. The summed E-state index contributed by atoms with van der Waals surface area (Å²) in [5.41, 5.74) is 2.04. The summed E-state index contributed by atoms with van der Waals surface area (Å²) in [5, 5.41) is 14.5. The number of nitrogens with one attached hydrogen (secondary N) is 1. The largest absolute Gasteiger partial charge is 0.368 e. The van der Waals surface area contributed by atoms with Gasteiger partial charge in [0.25, 0.3) is 5.69 Å². The molecule has 1 aliphatic rings. The zero-order valence-corrected chi connectivity index (χ0v) is 15.6. The van der Waals surface area contributed by atoms with Crippen molar-refractivity contribution >= 4 is 28.9 Å². The van der Waals surface area contributed by atoms with Crippen molar-refractivity contribution in [2.24, 2.45) is 0 Å². The van der Waals surface area contributed by atoms with E-state index in [1.165, 1.54) is 12.1 Å². The molecule has 0 unspecified atom stereocenters. The van der Waals surface area contributed by atoms with Crippen LogP contribution >= 0.6 is 11.6 Å². The Morgan fingerprint density at radius 2 is 1.81 bits per heavy atom. The van der Waals surface area contributed by atoms with Gasteiger partial charge >= 0.3 is 0 Å². The van der Waals surface area contributed by atoms with Crippen LogP contribution in [0, 0.1) is 10.1 Å². The predicted molar refractivity (Wildman–Crippen MR) is 105 cm³/mol. The third kappa shape index (κ3) is 5.18. The molecular weight excluding hydrogens is 368 g/mol. The summed E-state index contributed by atoms with van der Waals surface area (Å²) >= 11 is 6.04. The van der Waals surface area contributed by atoms with Crippen LogP contribution in [0.5, 0.6) is 0 Å². The summed E-state index contributed by atoms with van der Waals surface area (Å²) in [7, 11) is 0. The predicted octanol–water partition coefficient (Wildman–Crippen LogP) is 2.69. The SMILES string of the molecule is O=C(CNCc1ccc([N+](=O)[O-])cc1)N1CCN(c2cccc(Cl)c2)CC1. The van der Waals surface area contributed by atoms with Gasteiger partial charge in [0.2, 0.25) is 5.91 Å². The second-order valence-corrected chi connectivity index (χ2v) is 6.81. The Morgan fingerprint density at radius 3 is 2.44 bits per heavy atom. The van der Waals surface area contributed by atoms with Gasteiger partial charge in [-0.2, -0.15) is 0 Å². The van der Waals surface area contributed by atoms with E-state index in [4.69, 9.17) is 11.6 Å². The maximum absolute atomic E-state index is 12.4. The number of nitro groups is 1. The average molecular weight is 389 g/mol. The molecule has 8 heteroatoms. The molecule has 1 heterocycles. The lowest BCUT2D eigenvalue weighted by Crippen LogP contribution is -2.50. The number of hydrogen-bond donors (Lipinski definition) is 1. The van der Waals surface area contributed by atoms with Crippen LogP contribution in [0.3, 0.4) is 0 Å². The third-order valence-corrected chi connectivity index (χ3v) is 4.79. The number of carbonyl (C=O) groups is 1. The quantitative estimate of drug-likeness (QED) is 0.608. The Balaban J connectivity index is 1.42. The van der Waals surface area contributed by atoms with Gasteiger partial charge in [0, 0.05) is 55.6 Å². The van der Waals surface area contributed by atoms with Gasteiger partial charge in [0.1, 0.15) is 0 Å². The molecule has 1 fully saturated rings. The van der Waals surface area contributed by atoms with Crippen molar-refractivity contribution in [2.45, 2.75) is 6.54 Å². The summed E-state index contributed by atoms with van der Waals surface area (Å²) in [6.45, 7) is 3.62. The minimum Gasteiger partial charge on any atom is -0.368 e. The molecule has 0 atom stereocenters. The van der Waals surface area contributed by atoms with Crippen molar-refractivity contribution in [2.75, 3.05) is 37.6 Å². The number of benzene rings is 2. The fourth-order valence-electron chi connectivity index (χ4n) is 3.05. The highest BCUT2D eigenvalue weighted by molar-refractivity contribution is 6.30. The fraction of sp³-hybridized carbons (Fsp3) is 0.316. The minimum atomic E-state index is -0.427. The van der Waals surface area contributed by atoms with Crippen molar-refractivity contribution in [1.29, 1.82) is 0 Å². The maximum atomic E-state index is 12.4. The van der Waals surface area contributed by atoms with Gasteiger partial charge in [-0.25, -0.2) is 0 Å². The number of anilines is 1. The smallest absolute Gasteiger partial charge is 0.269 e. The lowest BCUT2D eigenvalue weighted by atomic mass is 10.2. The summed E-state index contributed by atoms with van der Waals surface area (Å²) in [6, 6.07) is 14.1. The van der Waals surface area contributed by atoms with E-state index in [0.717, 1.165) is 24.3 Å². The van der Waals surface area contributed by atoms with Crippen molar-refractivity contribution in [1.82, 2.24) is 10.2 Å². The van der Waals surface area contributed by atoms with Crippen molar-refractivity contribution in [3.63, 3.8) is 0 Å². The van der Waals surface area contributed by atoms with Gasteiger partial charge in [-0.1, -0.05) is 29.8 Å². The van der Waals surface area contributed by atoms with E-state index in [-0.39, 0.29) is 18.1 Å². The van der Waals surface area contributed by atoms with E-state index < -0.39 is 4.92 Å². The van der Waals surface area contributed by atoms with Crippen LogP contribution in [0.25, 0.3) is 0 Å². The lowest BCUT2D eigenvalue weighted by molar-refractivity contribution is -0.384. The Bertz CT molecular complexity index is 805. The van der Waals surface area contributed by atoms with Crippen LogP contribution in [0.2, 0.25) is 5.02 Å². The zero-order valence-electron chi connectivity index (χ0n) is 14.8. The van der Waals surface area contributed by atoms with Crippen molar-refractivity contribution in [3.05, 3.63) is 69.2 Å². The van der Waals surface area contributed by atoms with Gasteiger partial charge in [-0.05, 0) is 23.8 Å². The molecule has 0 spiro atoms. The first kappa shape index (κ1) is 19.1. The highest BCUT2D eigenvalue weighted by Crippen LogP contribution is 2.20. The number of nitrogens with zero attached hydrogens (tertiary/aromatic N) is 3. The monoisotopic (exact) mass is 388 g/mol. The highest BCUT2D eigenvalue weighted by atomic mass is 35.5. The number of carbonyl (C=O) groups excluding carboxylic acids is 1. The molecule has 1 aliphatic heterocycles. The second-order valence-electron chi connectivity index (χ2n) is 6.37. The molecule has 142 valence electrons.